The van der Waals surface area contributed by atoms with Crippen molar-refractivity contribution < 1.29 is 14.7 Å². The van der Waals surface area contributed by atoms with Crippen molar-refractivity contribution in [3.8, 4) is 0 Å². The van der Waals surface area contributed by atoms with Crippen LogP contribution in [-0.4, -0.2) is 49.2 Å². The fourth-order valence-corrected chi connectivity index (χ4v) is 2.21. The molecule has 1 aromatic rings. The van der Waals surface area contributed by atoms with Crippen LogP contribution < -0.4 is 10.6 Å². The summed E-state index contributed by atoms with van der Waals surface area (Å²) in [6.07, 6.45) is 1.90. The number of carbonyl (C=O) groups is 2. The first-order valence-electron chi connectivity index (χ1n) is 6.62. The molecule has 1 aromatic carbocycles. The van der Waals surface area contributed by atoms with Gasteiger partial charge in [0.05, 0.1) is 5.56 Å². The minimum atomic E-state index is -1.04. The first kappa shape index (κ1) is 17.5. The Morgan fingerprint density at radius 2 is 1.95 bits per heavy atom. The molecule has 2 amide bonds. The molecule has 0 aliphatic carbocycles. The topological polar surface area (TPSA) is 81.7 Å². The van der Waals surface area contributed by atoms with Gasteiger partial charge in [-0.2, -0.15) is 0 Å². The van der Waals surface area contributed by atoms with Gasteiger partial charge in [0.2, 0.25) is 0 Å². The molecule has 7 heteroatoms. The smallest absolute Gasteiger partial charge is 0.335 e. The molecule has 21 heavy (non-hydrogen) atoms. The van der Waals surface area contributed by atoms with Crippen molar-refractivity contribution in [1.82, 2.24) is 10.2 Å². The van der Waals surface area contributed by atoms with E-state index >= 15 is 0 Å². The van der Waals surface area contributed by atoms with Crippen LogP contribution in [-0.2, 0) is 0 Å². The molecule has 116 valence electrons. The zero-order valence-electron chi connectivity index (χ0n) is 12.1. The van der Waals surface area contributed by atoms with E-state index in [0.717, 1.165) is 19.4 Å². The Bertz CT molecular complexity index is 506. The maximum absolute atomic E-state index is 11.7. The summed E-state index contributed by atoms with van der Waals surface area (Å²) < 4.78 is 0.601. The van der Waals surface area contributed by atoms with E-state index in [1.165, 1.54) is 12.1 Å². The van der Waals surface area contributed by atoms with Crippen molar-refractivity contribution in [2.75, 3.05) is 32.5 Å². The molecular weight excluding hydrogens is 338 g/mol. The van der Waals surface area contributed by atoms with Crippen LogP contribution >= 0.6 is 15.9 Å². The highest BCUT2D eigenvalue weighted by Gasteiger charge is 2.08. The Hall–Kier alpha value is -1.60. The highest BCUT2D eigenvalue weighted by atomic mass is 79.9. The number of benzene rings is 1. The molecule has 0 saturated heterocycles. The molecule has 0 heterocycles. The van der Waals surface area contributed by atoms with Crippen molar-refractivity contribution in [2.24, 2.45) is 0 Å². The Labute approximate surface area is 132 Å². The normalized spacial score (nSPS) is 10.5. The largest absolute Gasteiger partial charge is 0.478 e. The van der Waals surface area contributed by atoms with Crippen molar-refractivity contribution in [3.05, 3.63) is 28.2 Å². The maximum Gasteiger partial charge on any atom is 0.335 e. The molecule has 0 fully saturated rings. The van der Waals surface area contributed by atoms with Gasteiger partial charge in [0.1, 0.15) is 0 Å². The third-order valence-corrected chi connectivity index (χ3v) is 3.18. The summed E-state index contributed by atoms with van der Waals surface area (Å²) in [6.45, 7) is 1.57. The molecule has 0 aliphatic rings. The van der Waals surface area contributed by atoms with Crippen molar-refractivity contribution in [2.45, 2.75) is 12.8 Å². The van der Waals surface area contributed by atoms with Crippen LogP contribution in [0.25, 0.3) is 0 Å². The van der Waals surface area contributed by atoms with Gasteiger partial charge in [-0.1, -0.05) is 15.9 Å². The zero-order chi connectivity index (χ0) is 15.8. The summed E-state index contributed by atoms with van der Waals surface area (Å²) in [5.41, 5.74) is 0.554. The molecule has 0 aromatic heterocycles. The van der Waals surface area contributed by atoms with Crippen LogP contribution in [0.4, 0.5) is 10.5 Å². The number of unbranched alkanes of at least 4 members (excludes halogenated alkanes) is 1. The number of halogens is 1. The van der Waals surface area contributed by atoms with E-state index in [4.69, 9.17) is 5.11 Å². The lowest BCUT2D eigenvalue weighted by Gasteiger charge is -2.10. The quantitative estimate of drug-likeness (QED) is 0.655. The highest BCUT2D eigenvalue weighted by Crippen LogP contribution is 2.19. The number of carboxylic acids is 1. The lowest BCUT2D eigenvalue weighted by atomic mass is 10.2. The predicted octanol–water partition coefficient (Wildman–Crippen LogP) is 2.61. The first-order chi connectivity index (χ1) is 9.88. The van der Waals surface area contributed by atoms with Crippen LogP contribution in [0.5, 0.6) is 0 Å². The van der Waals surface area contributed by atoms with Crippen LogP contribution in [0.2, 0.25) is 0 Å². The number of anilines is 1. The van der Waals surface area contributed by atoms with E-state index in [1.54, 1.807) is 6.07 Å². The van der Waals surface area contributed by atoms with E-state index in [1.807, 2.05) is 14.1 Å². The number of aromatic carboxylic acids is 1. The van der Waals surface area contributed by atoms with Crippen LogP contribution in [0.3, 0.4) is 0 Å². The second-order valence-corrected chi connectivity index (χ2v) is 5.84. The molecule has 0 saturated carbocycles. The van der Waals surface area contributed by atoms with Gasteiger partial charge in [-0.05, 0) is 51.7 Å². The second kappa shape index (κ2) is 8.63. The van der Waals surface area contributed by atoms with E-state index in [9.17, 15) is 9.59 Å². The summed E-state index contributed by atoms with van der Waals surface area (Å²) >= 11 is 3.22. The highest BCUT2D eigenvalue weighted by molar-refractivity contribution is 9.10. The fourth-order valence-electron chi connectivity index (χ4n) is 1.72. The van der Waals surface area contributed by atoms with Gasteiger partial charge in [0.25, 0.3) is 0 Å². The Balaban J connectivity index is 2.42. The number of carboxylic acid groups (broad SMARTS) is 1. The summed E-state index contributed by atoms with van der Waals surface area (Å²) in [6, 6.07) is 4.21. The summed E-state index contributed by atoms with van der Waals surface area (Å²) in [4.78, 5) is 24.7. The number of hydrogen-bond donors (Lipinski definition) is 3. The van der Waals surface area contributed by atoms with Gasteiger partial charge in [0.15, 0.2) is 0 Å². The second-order valence-electron chi connectivity index (χ2n) is 4.93. The predicted molar refractivity (Wildman–Crippen MR) is 85.9 cm³/mol. The molecular formula is C14H20BrN3O3. The minimum absolute atomic E-state index is 0.116. The summed E-state index contributed by atoms with van der Waals surface area (Å²) in [5, 5.41) is 14.3. The molecule has 3 N–H and O–H groups in total. The van der Waals surface area contributed by atoms with Gasteiger partial charge in [-0.3, -0.25) is 0 Å². The summed E-state index contributed by atoms with van der Waals surface area (Å²) in [5.74, 6) is -1.04. The van der Waals surface area contributed by atoms with Crippen molar-refractivity contribution in [1.29, 1.82) is 0 Å². The SMILES string of the molecule is CN(C)CCCCNC(=O)Nc1cc(Br)cc(C(=O)O)c1. The van der Waals surface area contributed by atoms with Gasteiger partial charge < -0.3 is 20.6 Å². The monoisotopic (exact) mass is 357 g/mol. The molecule has 0 spiro atoms. The van der Waals surface area contributed by atoms with Crippen molar-refractivity contribution >= 4 is 33.6 Å². The number of urea groups is 1. The van der Waals surface area contributed by atoms with Crippen molar-refractivity contribution in [3.63, 3.8) is 0 Å². The Morgan fingerprint density at radius 1 is 1.24 bits per heavy atom. The third-order valence-electron chi connectivity index (χ3n) is 2.72. The molecule has 0 unspecified atom stereocenters. The molecule has 0 aliphatic heterocycles. The van der Waals surface area contributed by atoms with Gasteiger partial charge in [-0.15, -0.1) is 0 Å². The average Bonchev–Trinajstić information content (AvgIpc) is 2.37. The lowest BCUT2D eigenvalue weighted by Crippen LogP contribution is -2.30. The fraction of sp³-hybridized carbons (Fsp3) is 0.429. The minimum Gasteiger partial charge on any atom is -0.478 e. The Kier molecular flexibility index (Phi) is 7.18. The average molecular weight is 358 g/mol. The number of nitrogens with zero attached hydrogens (tertiary/aromatic N) is 1. The Morgan fingerprint density at radius 3 is 2.57 bits per heavy atom. The van der Waals surface area contributed by atoms with Crippen LogP contribution in [0, 0.1) is 0 Å². The zero-order valence-corrected chi connectivity index (χ0v) is 13.7. The molecule has 6 nitrogen and oxygen atoms in total. The van der Waals surface area contributed by atoms with E-state index in [2.05, 4.69) is 31.5 Å². The lowest BCUT2D eigenvalue weighted by molar-refractivity contribution is 0.0697. The first-order valence-corrected chi connectivity index (χ1v) is 7.41. The standard InChI is InChI=1S/C14H20BrN3O3/c1-18(2)6-4-3-5-16-14(21)17-12-8-10(13(19)20)7-11(15)9-12/h7-9H,3-6H2,1-2H3,(H,19,20)(H2,16,17,21). The van der Waals surface area contributed by atoms with E-state index < -0.39 is 5.97 Å². The van der Waals surface area contributed by atoms with Gasteiger partial charge in [-0.25, -0.2) is 9.59 Å². The van der Waals surface area contributed by atoms with Crippen LogP contribution in [0.1, 0.15) is 23.2 Å². The third kappa shape index (κ3) is 7.10. The van der Waals surface area contributed by atoms with Crippen LogP contribution in [0.15, 0.2) is 22.7 Å². The summed E-state index contributed by atoms with van der Waals surface area (Å²) in [7, 11) is 4.01. The number of carbonyl (C=O) groups excluding carboxylic acids is 1. The van der Waals surface area contributed by atoms with E-state index in [-0.39, 0.29) is 11.6 Å². The number of nitrogens with one attached hydrogen (secondary N) is 2. The maximum atomic E-state index is 11.7. The van der Waals surface area contributed by atoms with Gasteiger partial charge in [0, 0.05) is 16.7 Å². The molecule has 0 atom stereocenters. The molecule has 0 radical (unpaired) electrons. The molecule has 1 rings (SSSR count). The molecule has 0 bridgehead atoms. The van der Waals surface area contributed by atoms with Gasteiger partial charge >= 0.3 is 12.0 Å². The number of amides is 2. The number of rotatable bonds is 7. The number of hydrogen-bond acceptors (Lipinski definition) is 3. The van der Waals surface area contributed by atoms with E-state index in [0.29, 0.717) is 16.7 Å².